The van der Waals surface area contributed by atoms with E-state index in [0.29, 0.717) is 11.1 Å². The molecule has 31 heavy (non-hydrogen) atoms. The molecule has 174 valence electrons. The van der Waals surface area contributed by atoms with Crippen molar-refractivity contribution in [2.45, 2.75) is 41.0 Å². The number of carbonyl (C=O) groups excluding carboxylic acids is 3. The molecular formula is C25H38O6. The van der Waals surface area contributed by atoms with Gasteiger partial charge >= 0.3 is 11.9 Å². The van der Waals surface area contributed by atoms with Gasteiger partial charge in [-0.15, -0.1) is 0 Å². The fraction of sp³-hybridized carbons (Fsp3) is 0.400. The number of ether oxygens (including phenoxy) is 3. The van der Waals surface area contributed by atoms with Crippen LogP contribution in [0.2, 0.25) is 0 Å². The molecule has 2 aromatic rings. The number of hydrogen-bond donors (Lipinski definition) is 0. The highest BCUT2D eigenvalue weighted by molar-refractivity contribution is 5.96. The van der Waals surface area contributed by atoms with Crippen LogP contribution < -0.4 is 0 Å². The highest BCUT2D eigenvalue weighted by atomic mass is 16.5. The zero-order valence-corrected chi connectivity index (χ0v) is 20.1. The number of ketones is 1. The highest BCUT2D eigenvalue weighted by Gasteiger charge is 2.09. The van der Waals surface area contributed by atoms with Gasteiger partial charge in [0, 0.05) is 33.1 Å². The Morgan fingerprint density at radius 1 is 0.710 bits per heavy atom. The van der Waals surface area contributed by atoms with E-state index in [2.05, 4.69) is 9.47 Å². The lowest BCUT2D eigenvalue weighted by molar-refractivity contribution is -0.137. The van der Waals surface area contributed by atoms with E-state index < -0.39 is 5.97 Å². The number of carbonyl (C=O) groups is 3. The van der Waals surface area contributed by atoms with Crippen LogP contribution in [0, 0.1) is 0 Å². The third-order valence-electron chi connectivity index (χ3n) is 2.95. The smallest absolute Gasteiger partial charge is 0.338 e. The number of methoxy groups -OCH3 is 2. The van der Waals surface area contributed by atoms with Crippen LogP contribution >= 0.6 is 0 Å². The second-order valence-corrected chi connectivity index (χ2v) is 5.15. The maximum Gasteiger partial charge on any atom is 0.338 e. The van der Waals surface area contributed by atoms with Crippen molar-refractivity contribution in [1.29, 1.82) is 0 Å². The summed E-state index contributed by atoms with van der Waals surface area (Å²) in [6.45, 7) is 9.46. The van der Waals surface area contributed by atoms with E-state index in [1.54, 1.807) is 50.6 Å². The van der Waals surface area contributed by atoms with Gasteiger partial charge in [0.05, 0.1) is 19.3 Å². The molecule has 2 aromatic carbocycles. The third-order valence-corrected chi connectivity index (χ3v) is 2.95. The van der Waals surface area contributed by atoms with Gasteiger partial charge in [-0.3, -0.25) is 9.59 Å². The maximum atomic E-state index is 11.8. The average Bonchev–Trinajstić information content (AvgIpc) is 2.83. The van der Waals surface area contributed by atoms with E-state index in [0.717, 1.165) is 0 Å². The van der Waals surface area contributed by atoms with Crippen molar-refractivity contribution in [2.75, 3.05) is 27.9 Å². The molecule has 0 saturated carbocycles. The first-order valence-corrected chi connectivity index (χ1v) is 10.2. The molecule has 0 amide bonds. The average molecular weight is 435 g/mol. The minimum Gasteiger partial charge on any atom is -0.469 e. The minimum atomic E-state index is -0.401. The summed E-state index contributed by atoms with van der Waals surface area (Å²) in [7, 11) is 4.60. The van der Waals surface area contributed by atoms with Crippen molar-refractivity contribution in [3.8, 4) is 0 Å². The first-order valence-electron chi connectivity index (χ1n) is 10.2. The summed E-state index contributed by atoms with van der Waals surface area (Å²) in [4.78, 5) is 33.0. The molecular weight excluding hydrogens is 396 g/mol. The fourth-order valence-electron chi connectivity index (χ4n) is 1.66. The molecule has 0 spiro atoms. The predicted molar refractivity (Wildman–Crippen MR) is 125 cm³/mol. The molecule has 0 aromatic heterocycles. The Morgan fingerprint density at radius 3 is 1.42 bits per heavy atom. The van der Waals surface area contributed by atoms with Crippen molar-refractivity contribution in [3.05, 3.63) is 71.8 Å². The van der Waals surface area contributed by atoms with Gasteiger partial charge in [-0.05, 0) is 12.1 Å². The molecule has 0 unspecified atom stereocenters. The van der Waals surface area contributed by atoms with Crippen LogP contribution in [0.25, 0.3) is 0 Å². The summed E-state index contributed by atoms with van der Waals surface area (Å²) < 4.78 is 13.4. The Kier molecular flexibility index (Phi) is 26.4. The maximum absolute atomic E-state index is 11.8. The van der Waals surface area contributed by atoms with Crippen molar-refractivity contribution in [2.24, 2.45) is 0 Å². The normalized spacial score (nSPS) is 8.13. The van der Waals surface area contributed by atoms with E-state index in [4.69, 9.17) is 4.74 Å². The zero-order chi connectivity index (χ0) is 24.5. The van der Waals surface area contributed by atoms with Crippen molar-refractivity contribution in [1.82, 2.24) is 0 Å². The largest absolute Gasteiger partial charge is 0.469 e. The van der Waals surface area contributed by atoms with E-state index in [1.807, 2.05) is 52.0 Å². The van der Waals surface area contributed by atoms with Crippen LogP contribution in [0.1, 0.15) is 61.8 Å². The Bertz CT molecular complexity index is 617. The quantitative estimate of drug-likeness (QED) is 0.449. The van der Waals surface area contributed by atoms with Gasteiger partial charge in [0.15, 0.2) is 5.78 Å². The van der Waals surface area contributed by atoms with Gasteiger partial charge < -0.3 is 14.2 Å². The fourth-order valence-corrected chi connectivity index (χ4v) is 1.66. The second-order valence-electron chi connectivity index (χ2n) is 5.15. The van der Waals surface area contributed by atoms with Crippen molar-refractivity contribution >= 4 is 17.7 Å². The molecule has 0 N–H and O–H groups in total. The molecule has 6 nitrogen and oxygen atoms in total. The molecule has 0 fully saturated rings. The summed E-state index contributed by atoms with van der Waals surface area (Å²) in [5.41, 5.74) is 1.13. The first kappa shape index (κ1) is 32.7. The molecule has 0 atom stereocenters. The van der Waals surface area contributed by atoms with Crippen molar-refractivity contribution < 1.29 is 28.6 Å². The molecule has 6 heteroatoms. The van der Waals surface area contributed by atoms with Gasteiger partial charge in [0.2, 0.25) is 0 Å². The molecule has 0 aliphatic heterocycles. The van der Waals surface area contributed by atoms with Crippen LogP contribution in [-0.2, 0) is 19.0 Å². The van der Waals surface area contributed by atoms with Gasteiger partial charge in [-0.25, -0.2) is 4.79 Å². The molecule has 0 radical (unpaired) electrons. The number of hydrogen-bond acceptors (Lipinski definition) is 6. The number of rotatable bonds is 5. The summed E-state index contributed by atoms with van der Waals surface area (Å²) in [5, 5.41) is 0. The van der Waals surface area contributed by atoms with Gasteiger partial charge in [0.1, 0.15) is 0 Å². The van der Waals surface area contributed by atoms with Crippen LogP contribution in [0.4, 0.5) is 0 Å². The van der Waals surface area contributed by atoms with E-state index >= 15 is 0 Å². The van der Waals surface area contributed by atoms with Crippen LogP contribution in [0.15, 0.2) is 60.7 Å². The van der Waals surface area contributed by atoms with Crippen molar-refractivity contribution in [3.63, 3.8) is 0 Å². The Hall–Kier alpha value is -2.99. The van der Waals surface area contributed by atoms with Gasteiger partial charge in [-0.1, -0.05) is 76.2 Å². The molecule has 0 saturated heterocycles. The SMILES string of the molecule is CC.CC.COC.COC(C)=O.O=C(CCOC(=O)c1ccccc1)c1ccccc1. The molecule has 0 heterocycles. The standard InChI is InChI=1S/C16H14O3.C3H6O2.C2H6O.2C2H6/c17-15(13-7-3-1-4-8-13)11-12-19-16(18)14-9-5-2-6-10-14;1-3(4)5-2;1-3-2;2*1-2/h1-10H,11-12H2;1-2H3;1-2H3;2*1-2H3. The second kappa shape index (κ2) is 25.0. The van der Waals surface area contributed by atoms with Gasteiger partial charge in [0.25, 0.3) is 0 Å². The number of esters is 2. The van der Waals surface area contributed by atoms with E-state index in [1.165, 1.54) is 14.0 Å². The lowest BCUT2D eigenvalue weighted by Gasteiger charge is -2.04. The predicted octanol–water partition coefficient (Wildman–Crippen LogP) is 5.61. The summed E-state index contributed by atoms with van der Waals surface area (Å²) in [6.07, 6.45) is 0.197. The van der Waals surface area contributed by atoms with Crippen LogP contribution in [0.5, 0.6) is 0 Å². The monoisotopic (exact) mass is 434 g/mol. The minimum absolute atomic E-state index is 0.0264. The topological polar surface area (TPSA) is 78.9 Å². The number of benzene rings is 2. The lowest BCUT2D eigenvalue weighted by Crippen LogP contribution is -2.10. The van der Waals surface area contributed by atoms with Crippen LogP contribution in [-0.4, -0.2) is 45.7 Å². The zero-order valence-electron chi connectivity index (χ0n) is 20.1. The van der Waals surface area contributed by atoms with Crippen LogP contribution in [0.3, 0.4) is 0 Å². The summed E-state index contributed by atoms with van der Waals surface area (Å²) >= 11 is 0. The van der Waals surface area contributed by atoms with E-state index in [-0.39, 0.29) is 24.8 Å². The summed E-state index contributed by atoms with van der Waals surface area (Å²) in [6, 6.07) is 17.7. The molecule has 0 aliphatic rings. The Labute approximate surface area is 187 Å². The number of Topliss-reactive ketones (excluding diaryl/α,β-unsaturated/α-hetero) is 1. The molecule has 0 bridgehead atoms. The Balaban J connectivity index is -0.000000549. The third kappa shape index (κ3) is 20.1. The lowest BCUT2D eigenvalue weighted by atomic mass is 10.1. The van der Waals surface area contributed by atoms with Gasteiger partial charge in [-0.2, -0.15) is 0 Å². The Morgan fingerprint density at radius 2 is 1.06 bits per heavy atom. The summed E-state index contributed by atoms with van der Waals surface area (Å²) in [5.74, 6) is -0.673. The first-order chi connectivity index (χ1) is 15.0. The highest BCUT2D eigenvalue weighted by Crippen LogP contribution is 2.05. The molecule has 2 rings (SSSR count). The van der Waals surface area contributed by atoms with E-state index in [9.17, 15) is 14.4 Å². The molecule has 0 aliphatic carbocycles.